The van der Waals surface area contributed by atoms with Crippen LogP contribution in [0.5, 0.6) is 0 Å². The molecule has 2 aliphatic rings. The van der Waals surface area contributed by atoms with E-state index in [1.807, 2.05) is 59.8 Å². The van der Waals surface area contributed by atoms with Gasteiger partial charge in [0.25, 0.3) is 0 Å². The Hall–Kier alpha value is -3.03. The molecule has 7 rings (SSSR count). The molecule has 2 aliphatic carbocycles. The van der Waals surface area contributed by atoms with E-state index < -0.39 is 22.1 Å². The van der Waals surface area contributed by atoms with E-state index in [1.165, 1.54) is 0 Å². The third-order valence-electron chi connectivity index (χ3n) is 9.30. The van der Waals surface area contributed by atoms with Crippen molar-refractivity contribution in [2.75, 3.05) is 0 Å². The van der Waals surface area contributed by atoms with Crippen LogP contribution < -0.4 is 12.4 Å². The van der Waals surface area contributed by atoms with Gasteiger partial charge in [-0.15, -0.1) is 0 Å². The van der Waals surface area contributed by atoms with Gasteiger partial charge in [0.15, 0.2) is 0 Å². The fourth-order valence-corrected chi connectivity index (χ4v) is 8.89. The zero-order valence-electron chi connectivity index (χ0n) is 26.9. The van der Waals surface area contributed by atoms with E-state index in [0.717, 1.165) is 74.1 Å². The molecule has 0 spiro atoms. The van der Waals surface area contributed by atoms with Crippen molar-refractivity contribution >= 4 is 22.2 Å². The van der Waals surface area contributed by atoms with Gasteiger partial charge in [-0.25, -0.2) is 8.42 Å². The Balaban J connectivity index is 0.00000217. The van der Waals surface area contributed by atoms with Crippen LogP contribution in [0.2, 0.25) is 0 Å². The second-order valence-corrected chi connectivity index (χ2v) is 13.8. The first-order valence-electron chi connectivity index (χ1n) is 15.8. The quantitative estimate of drug-likeness (QED) is 0.165. The molecule has 5 aromatic carbocycles. The Morgan fingerprint density at radius 1 is 0.574 bits per heavy atom. The van der Waals surface area contributed by atoms with Gasteiger partial charge in [-0.1, -0.05) is 141 Å². The summed E-state index contributed by atoms with van der Waals surface area (Å²) in [5, 5.41) is 0. The average Bonchev–Trinajstić information content (AvgIpc) is 3.64. The van der Waals surface area contributed by atoms with E-state index in [4.69, 9.17) is 0 Å². The molecule has 0 bridgehead atoms. The van der Waals surface area contributed by atoms with E-state index in [0.29, 0.717) is 4.90 Å². The van der Waals surface area contributed by atoms with Gasteiger partial charge in [0.1, 0.15) is 0 Å². The second kappa shape index (κ2) is 14.6. The Morgan fingerprint density at radius 3 is 1.40 bits per heavy atom. The molecular weight excluding hydrogens is 745 g/mol. The Bertz CT molecular complexity index is 1940. The first-order chi connectivity index (χ1) is 21.9. The molecule has 0 aromatic heterocycles. The predicted octanol–water partition coefficient (Wildman–Crippen LogP) is 7.42. The van der Waals surface area contributed by atoms with Crippen molar-refractivity contribution in [1.29, 1.82) is 0 Å². The molecule has 6 heteroatoms. The third kappa shape index (κ3) is 6.30. The minimum atomic E-state index is -4.00. The summed E-state index contributed by atoms with van der Waals surface area (Å²) in [6, 6.07) is 39.8. The van der Waals surface area contributed by atoms with Gasteiger partial charge in [-0.05, 0) is 87.6 Å². The van der Waals surface area contributed by atoms with Crippen LogP contribution in [0.4, 0.5) is 0 Å². The molecule has 235 valence electrons. The van der Waals surface area contributed by atoms with Crippen molar-refractivity contribution in [1.82, 2.24) is 4.31 Å². The van der Waals surface area contributed by atoms with E-state index >= 15 is 8.42 Å². The maximum absolute atomic E-state index is 15.3. The Kier molecular flexibility index (Phi) is 11.0. The smallest absolute Gasteiger partial charge is 0.244 e. The summed E-state index contributed by atoms with van der Waals surface area (Å²) in [4.78, 5) is 0.315. The summed E-state index contributed by atoms with van der Waals surface area (Å²) in [7, 11) is -4.00. The molecule has 3 nitrogen and oxygen atoms in total. The molecule has 2 atom stereocenters. The van der Waals surface area contributed by atoms with Gasteiger partial charge >= 0.3 is 0 Å². The van der Waals surface area contributed by atoms with Crippen LogP contribution in [0, 0.1) is 42.5 Å². The van der Waals surface area contributed by atoms with Crippen LogP contribution in [-0.2, 0) is 10.0 Å². The molecule has 2 unspecified atom stereocenters. The second-order valence-electron chi connectivity index (χ2n) is 11.9. The van der Waals surface area contributed by atoms with Gasteiger partial charge in [0, 0.05) is 35.6 Å². The van der Waals surface area contributed by atoms with Crippen LogP contribution in [0.1, 0.15) is 66.6 Å². The molecule has 0 heterocycles. The maximum Gasteiger partial charge on any atom is 0.244 e. The molecule has 0 saturated carbocycles. The van der Waals surface area contributed by atoms with Crippen molar-refractivity contribution < 1.29 is 56.4 Å². The monoisotopic (exact) mass is 781 g/mol. The van der Waals surface area contributed by atoms with Gasteiger partial charge in [-0.3, -0.25) is 0 Å². The SMILES string of the molecule is CCC1=Cc2cccc(-c3ccccc3)c2C1N(C1C(CC)=Cc2cccc(-c3ccccc3)c21)S(=O)(=O)c1ccc(C)cc1.[Cl-].[La]. The van der Waals surface area contributed by atoms with Crippen LogP contribution >= 0.6 is 0 Å². The fourth-order valence-electron chi connectivity index (χ4n) is 7.13. The molecule has 1 radical (unpaired) electrons. The minimum absolute atomic E-state index is 0. The first kappa shape index (κ1) is 35.3. The predicted molar refractivity (Wildman–Crippen MR) is 186 cm³/mol. The maximum atomic E-state index is 15.3. The average molecular weight is 782 g/mol. The van der Waals surface area contributed by atoms with Crippen molar-refractivity contribution in [2.24, 2.45) is 0 Å². The third-order valence-corrected chi connectivity index (χ3v) is 11.1. The first-order valence-corrected chi connectivity index (χ1v) is 17.2. The standard InChI is InChI=1S/C41H37NO2S.ClH.La/c1-4-29-26-33-18-12-20-36(31-14-8-6-9-15-31)38(33)40(29)42(45(43,44)35-24-22-28(3)23-25-35)41-30(5-2)27-34-19-13-21-37(39(34)41)32-16-10-7-11-17-32;;/h6-27,40-41H,4-5H2,1-3H3;1H;/p-1. The zero-order valence-corrected chi connectivity index (χ0v) is 32.1. The normalized spacial score (nSPS) is 16.4. The number of hydrogen-bond donors (Lipinski definition) is 0. The molecule has 5 aromatic rings. The number of benzene rings is 5. The summed E-state index contributed by atoms with van der Waals surface area (Å²) >= 11 is 0. The number of fused-ring (bicyclic) bond motifs is 2. The number of rotatable bonds is 8. The Labute approximate surface area is 313 Å². The van der Waals surface area contributed by atoms with Crippen molar-refractivity contribution in [2.45, 2.75) is 50.6 Å². The van der Waals surface area contributed by atoms with Gasteiger partial charge in [0.2, 0.25) is 10.0 Å². The number of aryl methyl sites for hydroxylation is 1. The largest absolute Gasteiger partial charge is 1.00 e. The Morgan fingerprint density at radius 2 is 1.00 bits per heavy atom. The van der Waals surface area contributed by atoms with Crippen LogP contribution in [0.15, 0.2) is 137 Å². The van der Waals surface area contributed by atoms with Gasteiger partial charge in [0.05, 0.1) is 17.0 Å². The number of hydrogen-bond acceptors (Lipinski definition) is 2. The van der Waals surface area contributed by atoms with E-state index in [9.17, 15) is 0 Å². The van der Waals surface area contributed by atoms with Crippen LogP contribution in [0.3, 0.4) is 0 Å². The van der Waals surface area contributed by atoms with E-state index in [1.54, 1.807) is 12.1 Å². The van der Waals surface area contributed by atoms with E-state index in [-0.39, 0.29) is 48.0 Å². The fraction of sp³-hybridized carbons (Fsp3) is 0.171. The molecule has 47 heavy (non-hydrogen) atoms. The molecule has 0 saturated heterocycles. The summed E-state index contributed by atoms with van der Waals surface area (Å²) in [5.41, 5.74) is 11.8. The van der Waals surface area contributed by atoms with Gasteiger partial charge < -0.3 is 12.4 Å². The topological polar surface area (TPSA) is 37.4 Å². The summed E-state index contributed by atoms with van der Waals surface area (Å²) in [6.07, 6.45) is 5.91. The number of nitrogens with zero attached hydrogens (tertiary/aromatic N) is 1. The van der Waals surface area contributed by atoms with Crippen molar-refractivity contribution in [3.63, 3.8) is 0 Å². The van der Waals surface area contributed by atoms with Crippen LogP contribution in [-0.4, -0.2) is 12.7 Å². The molecule has 0 aliphatic heterocycles. The molecule has 0 fully saturated rings. The number of halogens is 1. The molecular formula is C41H37ClLaNO2S-. The summed E-state index contributed by atoms with van der Waals surface area (Å²) < 4.78 is 32.5. The summed E-state index contributed by atoms with van der Waals surface area (Å²) in [5.74, 6) is 0. The van der Waals surface area contributed by atoms with Crippen molar-refractivity contribution in [3.05, 3.63) is 160 Å². The van der Waals surface area contributed by atoms with E-state index in [2.05, 4.69) is 86.7 Å². The minimum Gasteiger partial charge on any atom is -1.00 e. The van der Waals surface area contributed by atoms with Gasteiger partial charge in [-0.2, -0.15) is 4.31 Å². The molecule has 0 N–H and O–H groups in total. The zero-order chi connectivity index (χ0) is 31.1. The van der Waals surface area contributed by atoms with Crippen molar-refractivity contribution in [3.8, 4) is 22.3 Å². The van der Waals surface area contributed by atoms with Crippen LogP contribution in [0.25, 0.3) is 34.4 Å². The molecule has 0 amide bonds. The summed E-state index contributed by atoms with van der Waals surface area (Å²) in [6.45, 7) is 6.26. The number of sulfonamides is 1.